The number of Topliss-reactive ketones (excluding diaryl/α,β-unsaturated/α-hetero) is 1. The van der Waals surface area contributed by atoms with Crippen LogP contribution in [0.5, 0.6) is 0 Å². The molecule has 0 aliphatic rings. The van der Waals surface area contributed by atoms with Crippen molar-refractivity contribution in [3.05, 3.63) is 72.1 Å². The van der Waals surface area contributed by atoms with Gasteiger partial charge in [0.1, 0.15) is 5.69 Å². The minimum absolute atomic E-state index is 0.0594. The minimum Gasteiger partial charge on any atom is -0.292 e. The maximum Gasteiger partial charge on any atom is 0.182 e. The monoisotopic (exact) mass is 276 g/mol. The van der Waals surface area contributed by atoms with Crippen LogP contribution in [0.15, 0.2) is 60.8 Å². The average molecular weight is 276 g/mol. The first-order valence-corrected chi connectivity index (χ1v) is 7.12. The van der Waals surface area contributed by atoms with Crippen molar-refractivity contribution in [3.63, 3.8) is 0 Å². The predicted octanol–water partition coefficient (Wildman–Crippen LogP) is 3.84. The van der Waals surface area contributed by atoms with Gasteiger partial charge in [0, 0.05) is 6.42 Å². The largest absolute Gasteiger partial charge is 0.292 e. The number of rotatable bonds is 5. The van der Waals surface area contributed by atoms with E-state index >= 15 is 0 Å². The summed E-state index contributed by atoms with van der Waals surface area (Å²) in [6, 6.07) is 17.8. The molecular weight excluding hydrogens is 260 g/mol. The molecule has 0 spiro atoms. The Morgan fingerprint density at radius 1 is 0.905 bits per heavy atom. The highest BCUT2D eigenvalue weighted by Crippen LogP contribution is 2.11. The zero-order chi connectivity index (χ0) is 14.5. The van der Waals surface area contributed by atoms with Crippen molar-refractivity contribution in [2.75, 3.05) is 0 Å². The van der Waals surface area contributed by atoms with E-state index in [0.717, 1.165) is 23.9 Å². The number of hydrogen-bond acceptors (Lipinski definition) is 3. The van der Waals surface area contributed by atoms with Crippen LogP contribution in [-0.2, 0) is 6.42 Å². The van der Waals surface area contributed by atoms with E-state index in [1.165, 1.54) is 5.56 Å². The van der Waals surface area contributed by atoms with Crippen LogP contribution in [-0.4, -0.2) is 15.8 Å². The number of fused-ring (bicyclic) bond motifs is 1. The first-order chi connectivity index (χ1) is 10.3. The SMILES string of the molecule is O=C(CCCc1ccccc1)c1cnc2ccccc2n1. The smallest absolute Gasteiger partial charge is 0.182 e. The van der Waals surface area contributed by atoms with Crippen molar-refractivity contribution in [2.24, 2.45) is 0 Å². The topological polar surface area (TPSA) is 42.9 Å². The highest BCUT2D eigenvalue weighted by molar-refractivity contribution is 5.95. The lowest BCUT2D eigenvalue weighted by molar-refractivity contribution is 0.0975. The molecule has 21 heavy (non-hydrogen) atoms. The maximum atomic E-state index is 12.2. The molecule has 0 saturated heterocycles. The van der Waals surface area contributed by atoms with E-state index in [1.807, 2.05) is 42.5 Å². The van der Waals surface area contributed by atoms with Gasteiger partial charge in [-0.1, -0.05) is 42.5 Å². The lowest BCUT2D eigenvalue weighted by Gasteiger charge is -2.03. The summed E-state index contributed by atoms with van der Waals surface area (Å²) >= 11 is 0. The van der Waals surface area contributed by atoms with Gasteiger partial charge >= 0.3 is 0 Å². The lowest BCUT2D eigenvalue weighted by atomic mass is 10.1. The standard InChI is InChI=1S/C18H16N2O/c21-18(12-6-9-14-7-2-1-3-8-14)17-13-19-15-10-4-5-11-16(15)20-17/h1-5,7-8,10-11,13H,6,9,12H2. The summed E-state index contributed by atoms with van der Waals surface area (Å²) in [5, 5.41) is 0. The zero-order valence-electron chi connectivity index (χ0n) is 11.7. The van der Waals surface area contributed by atoms with Crippen LogP contribution in [0.3, 0.4) is 0 Å². The molecular formula is C18H16N2O. The van der Waals surface area contributed by atoms with Crippen molar-refractivity contribution >= 4 is 16.8 Å². The van der Waals surface area contributed by atoms with Crippen molar-refractivity contribution in [1.29, 1.82) is 0 Å². The third-order valence-corrected chi connectivity index (χ3v) is 3.45. The first-order valence-electron chi connectivity index (χ1n) is 7.12. The second kappa shape index (κ2) is 6.27. The molecule has 0 radical (unpaired) electrons. The van der Waals surface area contributed by atoms with Gasteiger partial charge in [-0.25, -0.2) is 4.98 Å². The summed E-state index contributed by atoms with van der Waals surface area (Å²) in [5.41, 5.74) is 3.31. The number of nitrogens with zero attached hydrogens (tertiary/aromatic N) is 2. The molecule has 1 aromatic heterocycles. The Morgan fingerprint density at radius 2 is 1.62 bits per heavy atom. The van der Waals surface area contributed by atoms with E-state index in [-0.39, 0.29) is 5.78 Å². The van der Waals surface area contributed by atoms with Gasteiger partial charge in [-0.15, -0.1) is 0 Å². The molecule has 3 nitrogen and oxygen atoms in total. The van der Waals surface area contributed by atoms with Gasteiger partial charge in [-0.05, 0) is 30.5 Å². The number of carbonyl (C=O) groups excluding carboxylic acids is 1. The molecule has 0 saturated carbocycles. The van der Waals surface area contributed by atoms with Crippen molar-refractivity contribution in [1.82, 2.24) is 9.97 Å². The molecule has 0 atom stereocenters. The third-order valence-electron chi connectivity index (χ3n) is 3.45. The van der Waals surface area contributed by atoms with Crippen LogP contribution in [0, 0.1) is 0 Å². The molecule has 0 unspecified atom stereocenters. The Hall–Kier alpha value is -2.55. The number of benzene rings is 2. The second-order valence-corrected chi connectivity index (χ2v) is 5.01. The van der Waals surface area contributed by atoms with Gasteiger partial charge in [-0.2, -0.15) is 0 Å². The lowest BCUT2D eigenvalue weighted by Crippen LogP contribution is -2.04. The fraction of sp³-hybridized carbons (Fsp3) is 0.167. The summed E-state index contributed by atoms with van der Waals surface area (Å²) in [5.74, 6) is 0.0594. The molecule has 3 rings (SSSR count). The van der Waals surface area contributed by atoms with Crippen LogP contribution in [0.25, 0.3) is 11.0 Å². The van der Waals surface area contributed by atoms with Crippen LogP contribution in [0.1, 0.15) is 28.9 Å². The Labute approximate surface area is 123 Å². The van der Waals surface area contributed by atoms with Gasteiger partial charge in [0.05, 0.1) is 17.2 Å². The second-order valence-electron chi connectivity index (χ2n) is 5.01. The predicted molar refractivity (Wildman–Crippen MR) is 83.2 cm³/mol. The molecule has 0 aliphatic heterocycles. The number of hydrogen-bond donors (Lipinski definition) is 0. The third kappa shape index (κ3) is 3.31. The maximum absolute atomic E-state index is 12.2. The summed E-state index contributed by atoms with van der Waals surface area (Å²) in [7, 11) is 0. The van der Waals surface area contributed by atoms with Crippen LogP contribution in [0.2, 0.25) is 0 Å². The molecule has 3 aromatic rings. The van der Waals surface area contributed by atoms with Crippen LogP contribution >= 0.6 is 0 Å². The molecule has 2 aromatic carbocycles. The van der Waals surface area contributed by atoms with Gasteiger partial charge in [-0.3, -0.25) is 9.78 Å². The van der Waals surface area contributed by atoms with E-state index in [2.05, 4.69) is 22.1 Å². The number of para-hydroxylation sites is 2. The van der Waals surface area contributed by atoms with E-state index in [9.17, 15) is 4.79 Å². The normalized spacial score (nSPS) is 10.7. The van der Waals surface area contributed by atoms with Crippen LogP contribution in [0.4, 0.5) is 0 Å². The van der Waals surface area contributed by atoms with Gasteiger partial charge < -0.3 is 0 Å². The zero-order valence-corrected chi connectivity index (χ0v) is 11.7. The minimum atomic E-state index is 0.0594. The first kappa shape index (κ1) is 13.4. The Bertz CT molecular complexity index is 753. The molecule has 104 valence electrons. The molecule has 0 fully saturated rings. The fourth-order valence-electron chi connectivity index (χ4n) is 2.32. The Morgan fingerprint density at radius 3 is 2.43 bits per heavy atom. The van der Waals surface area contributed by atoms with E-state index in [1.54, 1.807) is 6.20 Å². The summed E-state index contributed by atoms with van der Waals surface area (Å²) in [6.45, 7) is 0. The van der Waals surface area contributed by atoms with E-state index in [4.69, 9.17) is 0 Å². The van der Waals surface area contributed by atoms with E-state index in [0.29, 0.717) is 12.1 Å². The van der Waals surface area contributed by atoms with Gasteiger partial charge in [0.15, 0.2) is 5.78 Å². The number of aromatic nitrogens is 2. The molecule has 3 heteroatoms. The average Bonchev–Trinajstić information content (AvgIpc) is 2.55. The van der Waals surface area contributed by atoms with Crippen molar-refractivity contribution < 1.29 is 4.79 Å². The summed E-state index contributed by atoms with van der Waals surface area (Å²) in [4.78, 5) is 20.8. The Balaban J connectivity index is 1.64. The van der Waals surface area contributed by atoms with Crippen molar-refractivity contribution in [2.45, 2.75) is 19.3 Å². The summed E-state index contributed by atoms with van der Waals surface area (Å²) < 4.78 is 0. The quantitative estimate of drug-likeness (QED) is 0.665. The van der Waals surface area contributed by atoms with Gasteiger partial charge in [0.2, 0.25) is 0 Å². The van der Waals surface area contributed by atoms with E-state index < -0.39 is 0 Å². The molecule has 0 amide bonds. The molecule has 1 heterocycles. The van der Waals surface area contributed by atoms with Gasteiger partial charge in [0.25, 0.3) is 0 Å². The summed E-state index contributed by atoms with van der Waals surface area (Å²) in [6.07, 6.45) is 3.82. The number of ketones is 1. The van der Waals surface area contributed by atoms with Crippen molar-refractivity contribution in [3.8, 4) is 0 Å². The Kier molecular flexibility index (Phi) is 4.01. The molecule has 0 bridgehead atoms. The van der Waals surface area contributed by atoms with Crippen LogP contribution < -0.4 is 0 Å². The molecule has 0 aliphatic carbocycles. The number of aryl methyl sites for hydroxylation is 1. The number of carbonyl (C=O) groups is 1. The molecule has 0 N–H and O–H groups in total. The highest BCUT2D eigenvalue weighted by Gasteiger charge is 2.09. The highest BCUT2D eigenvalue weighted by atomic mass is 16.1. The fourth-order valence-corrected chi connectivity index (χ4v) is 2.32.